The Balaban J connectivity index is 2.38. The molecule has 0 saturated carbocycles. The van der Waals surface area contributed by atoms with E-state index in [0.29, 0.717) is 15.5 Å². The average molecular weight is 298 g/mol. The van der Waals surface area contributed by atoms with E-state index in [0.717, 1.165) is 12.0 Å². The van der Waals surface area contributed by atoms with Gasteiger partial charge in [0.15, 0.2) is 5.82 Å². The molecular weight excluding hydrogens is 288 g/mol. The highest BCUT2D eigenvalue weighted by Crippen LogP contribution is 2.23. The van der Waals surface area contributed by atoms with Gasteiger partial charge in [-0.05, 0) is 27.9 Å². The van der Waals surface area contributed by atoms with Crippen LogP contribution in [-0.4, -0.2) is 9.97 Å². The number of halogens is 2. The van der Waals surface area contributed by atoms with E-state index in [1.807, 2.05) is 12.1 Å². The SMILES string of the molecule is CCc1ccc(-c2ncc(Br)c(Cl)n2)cc1. The van der Waals surface area contributed by atoms with Gasteiger partial charge in [-0.2, -0.15) is 0 Å². The van der Waals surface area contributed by atoms with Gasteiger partial charge >= 0.3 is 0 Å². The van der Waals surface area contributed by atoms with E-state index in [1.165, 1.54) is 5.56 Å². The predicted octanol–water partition coefficient (Wildman–Crippen LogP) is 4.12. The molecule has 1 aromatic carbocycles. The molecule has 0 radical (unpaired) electrons. The number of rotatable bonds is 2. The smallest absolute Gasteiger partial charge is 0.160 e. The molecule has 0 fully saturated rings. The zero-order chi connectivity index (χ0) is 11.5. The summed E-state index contributed by atoms with van der Waals surface area (Å²) in [5.41, 5.74) is 2.28. The van der Waals surface area contributed by atoms with Gasteiger partial charge in [0.2, 0.25) is 0 Å². The minimum Gasteiger partial charge on any atom is -0.235 e. The molecule has 16 heavy (non-hydrogen) atoms. The van der Waals surface area contributed by atoms with Gasteiger partial charge in [-0.15, -0.1) is 0 Å². The molecule has 1 heterocycles. The molecule has 0 aliphatic heterocycles. The molecule has 2 aromatic rings. The zero-order valence-corrected chi connectivity index (χ0v) is 11.1. The maximum Gasteiger partial charge on any atom is 0.160 e. The molecule has 1 aromatic heterocycles. The second-order valence-electron chi connectivity index (χ2n) is 3.38. The number of benzene rings is 1. The highest BCUT2D eigenvalue weighted by molar-refractivity contribution is 9.10. The molecule has 0 aliphatic carbocycles. The van der Waals surface area contributed by atoms with Crippen molar-refractivity contribution in [3.63, 3.8) is 0 Å². The number of aromatic nitrogens is 2. The Morgan fingerprint density at radius 1 is 1.25 bits per heavy atom. The molecule has 0 unspecified atom stereocenters. The van der Waals surface area contributed by atoms with Crippen molar-refractivity contribution < 1.29 is 0 Å². The Labute approximate surface area is 108 Å². The number of hydrogen-bond donors (Lipinski definition) is 0. The van der Waals surface area contributed by atoms with Crippen molar-refractivity contribution in [2.75, 3.05) is 0 Å². The fourth-order valence-corrected chi connectivity index (χ4v) is 1.69. The molecule has 0 atom stereocenters. The molecule has 0 bridgehead atoms. The van der Waals surface area contributed by atoms with Crippen molar-refractivity contribution in [2.45, 2.75) is 13.3 Å². The van der Waals surface area contributed by atoms with Gasteiger partial charge in [-0.1, -0.05) is 42.8 Å². The first-order valence-electron chi connectivity index (χ1n) is 4.98. The van der Waals surface area contributed by atoms with Crippen LogP contribution in [0.15, 0.2) is 34.9 Å². The van der Waals surface area contributed by atoms with Crippen LogP contribution in [-0.2, 0) is 6.42 Å². The number of aryl methyl sites for hydroxylation is 1. The molecular formula is C12H10BrClN2. The topological polar surface area (TPSA) is 25.8 Å². The zero-order valence-electron chi connectivity index (χ0n) is 8.74. The quantitative estimate of drug-likeness (QED) is 0.779. The van der Waals surface area contributed by atoms with E-state index in [9.17, 15) is 0 Å². The highest BCUT2D eigenvalue weighted by Gasteiger charge is 2.04. The lowest BCUT2D eigenvalue weighted by atomic mass is 10.1. The van der Waals surface area contributed by atoms with Gasteiger partial charge in [-0.3, -0.25) is 0 Å². The van der Waals surface area contributed by atoms with Crippen LogP contribution in [0.4, 0.5) is 0 Å². The Morgan fingerprint density at radius 3 is 2.50 bits per heavy atom. The monoisotopic (exact) mass is 296 g/mol. The van der Waals surface area contributed by atoms with Crippen LogP contribution in [0.1, 0.15) is 12.5 Å². The van der Waals surface area contributed by atoms with Crippen LogP contribution < -0.4 is 0 Å². The van der Waals surface area contributed by atoms with Crippen molar-refractivity contribution in [2.24, 2.45) is 0 Å². The summed E-state index contributed by atoms with van der Waals surface area (Å²) in [7, 11) is 0. The van der Waals surface area contributed by atoms with Gasteiger partial charge in [0.1, 0.15) is 5.15 Å². The first-order valence-corrected chi connectivity index (χ1v) is 6.15. The molecule has 2 rings (SSSR count). The molecule has 0 spiro atoms. The maximum atomic E-state index is 5.92. The standard InChI is InChI=1S/C12H10BrClN2/c1-2-8-3-5-9(6-4-8)12-15-7-10(13)11(14)16-12/h3-7H,2H2,1H3. The van der Waals surface area contributed by atoms with Crippen molar-refractivity contribution in [1.29, 1.82) is 0 Å². The van der Waals surface area contributed by atoms with E-state index in [4.69, 9.17) is 11.6 Å². The molecule has 0 N–H and O–H groups in total. The first kappa shape index (κ1) is 11.6. The van der Waals surface area contributed by atoms with Gasteiger partial charge in [-0.25, -0.2) is 9.97 Å². The summed E-state index contributed by atoms with van der Waals surface area (Å²) < 4.78 is 0.711. The minimum absolute atomic E-state index is 0.435. The lowest BCUT2D eigenvalue weighted by Crippen LogP contribution is -1.90. The van der Waals surface area contributed by atoms with Crippen LogP contribution in [0.25, 0.3) is 11.4 Å². The largest absolute Gasteiger partial charge is 0.235 e. The normalized spacial score (nSPS) is 10.4. The summed E-state index contributed by atoms with van der Waals surface area (Å²) in [4.78, 5) is 8.43. The summed E-state index contributed by atoms with van der Waals surface area (Å²) in [6.45, 7) is 2.13. The van der Waals surface area contributed by atoms with E-state index >= 15 is 0 Å². The fraction of sp³-hybridized carbons (Fsp3) is 0.167. The van der Waals surface area contributed by atoms with Crippen LogP contribution in [0.5, 0.6) is 0 Å². The molecule has 0 amide bonds. The third-order valence-electron chi connectivity index (χ3n) is 2.32. The maximum absolute atomic E-state index is 5.92. The first-order chi connectivity index (χ1) is 7.70. The Morgan fingerprint density at radius 2 is 1.94 bits per heavy atom. The van der Waals surface area contributed by atoms with E-state index in [1.54, 1.807) is 6.20 Å². The van der Waals surface area contributed by atoms with Gasteiger partial charge in [0, 0.05) is 11.8 Å². The Bertz CT molecular complexity index is 497. The lowest BCUT2D eigenvalue weighted by molar-refractivity contribution is 1.13. The molecule has 0 saturated heterocycles. The molecule has 82 valence electrons. The van der Waals surface area contributed by atoms with Gasteiger partial charge < -0.3 is 0 Å². The third kappa shape index (κ3) is 2.42. The highest BCUT2D eigenvalue weighted by atomic mass is 79.9. The van der Waals surface area contributed by atoms with E-state index in [2.05, 4.69) is 45.0 Å². The number of hydrogen-bond acceptors (Lipinski definition) is 2. The Kier molecular flexibility index (Phi) is 3.56. The summed E-state index contributed by atoms with van der Waals surface area (Å²) in [6, 6.07) is 8.18. The number of nitrogens with zero attached hydrogens (tertiary/aromatic N) is 2. The van der Waals surface area contributed by atoms with Crippen LogP contribution >= 0.6 is 27.5 Å². The van der Waals surface area contributed by atoms with Crippen molar-refractivity contribution >= 4 is 27.5 Å². The minimum atomic E-state index is 0.435. The van der Waals surface area contributed by atoms with E-state index in [-0.39, 0.29) is 0 Å². The third-order valence-corrected chi connectivity index (χ3v) is 3.42. The summed E-state index contributed by atoms with van der Waals surface area (Å²) in [5.74, 6) is 0.649. The average Bonchev–Trinajstić information content (AvgIpc) is 2.33. The van der Waals surface area contributed by atoms with E-state index < -0.39 is 0 Å². The molecule has 4 heteroatoms. The fourth-order valence-electron chi connectivity index (χ4n) is 1.37. The second-order valence-corrected chi connectivity index (χ2v) is 4.60. The van der Waals surface area contributed by atoms with Crippen molar-refractivity contribution in [3.05, 3.63) is 45.7 Å². The summed E-state index contributed by atoms with van der Waals surface area (Å²) in [5, 5.41) is 0.435. The Hall–Kier alpha value is -0.930. The van der Waals surface area contributed by atoms with Crippen LogP contribution in [0.2, 0.25) is 5.15 Å². The van der Waals surface area contributed by atoms with Gasteiger partial charge in [0.05, 0.1) is 4.47 Å². The van der Waals surface area contributed by atoms with Gasteiger partial charge in [0.25, 0.3) is 0 Å². The lowest BCUT2D eigenvalue weighted by Gasteiger charge is -2.02. The van der Waals surface area contributed by atoms with Crippen molar-refractivity contribution in [3.8, 4) is 11.4 Å². The molecule has 2 nitrogen and oxygen atoms in total. The second kappa shape index (κ2) is 4.93. The van der Waals surface area contributed by atoms with Crippen LogP contribution in [0, 0.1) is 0 Å². The van der Waals surface area contributed by atoms with Crippen molar-refractivity contribution in [1.82, 2.24) is 9.97 Å². The summed E-state index contributed by atoms with van der Waals surface area (Å²) >= 11 is 9.19. The summed E-state index contributed by atoms with van der Waals surface area (Å²) in [6.07, 6.45) is 2.70. The van der Waals surface area contributed by atoms with Crippen LogP contribution in [0.3, 0.4) is 0 Å². The predicted molar refractivity (Wildman–Crippen MR) is 69.6 cm³/mol. The molecule has 0 aliphatic rings.